The highest BCUT2D eigenvalue weighted by molar-refractivity contribution is 7.10. The van der Waals surface area contributed by atoms with Gasteiger partial charge in [-0.05, 0) is 57.9 Å². The molecule has 0 saturated carbocycles. The van der Waals surface area contributed by atoms with Crippen LogP contribution in [0.15, 0.2) is 34.1 Å². The van der Waals surface area contributed by atoms with E-state index in [1.165, 1.54) is 18.3 Å². The van der Waals surface area contributed by atoms with Crippen LogP contribution in [-0.4, -0.2) is 46.4 Å². The molecule has 0 bridgehead atoms. The predicted octanol–water partition coefficient (Wildman–Crippen LogP) is 5.46. The summed E-state index contributed by atoms with van der Waals surface area (Å²) in [7, 11) is 0. The molecule has 0 unspecified atom stereocenters. The fourth-order valence-electron chi connectivity index (χ4n) is 3.70. The van der Waals surface area contributed by atoms with Crippen molar-refractivity contribution in [3.8, 4) is 0 Å². The first kappa shape index (κ1) is 23.0. The van der Waals surface area contributed by atoms with Gasteiger partial charge in [-0.25, -0.2) is 9.78 Å². The van der Waals surface area contributed by atoms with Crippen molar-refractivity contribution >= 4 is 45.8 Å². The van der Waals surface area contributed by atoms with Gasteiger partial charge in [0, 0.05) is 42.4 Å². The number of hydrogen-bond acceptors (Lipinski definition) is 7. The maximum atomic E-state index is 12.7. The lowest BCUT2D eigenvalue weighted by Crippen LogP contribution is -2.41. The molecule has 0 aliphatic carbocycles. The number of fused-ring (bicyclic) bond motifs is 1. The van der Waals surface area contributed by atoms with E-state index in [0.717, 1.165) is 23.2 Å². The van der Waals surface area contributed by atoms with Crippen molar-refractivity contribution < 1.29 is 23.5 Å². The molecule has 2 aromatic heterocycles. The second-order valence-electron chi connectivity index (χ2n) is 9.19. The fourth-order valence-corrected chi connectivity index (χ4v) is 4.68. The normalized spacial score (nSPS) is 15.0. The summed E-state index contributed by atoms with van der Waals surface area (Å²) in [6.07, 6.45) is 1.28. The standard InChI is InChI=1S/C24H27N3O5S/c1-14(28)20-12-16-11-17(5-6-19(16)31-20)25-21(29)18-13-33-22(26-18)15-7-9-27(10-8-15)23(30)32-24(2,3)4/h5-6,11-13,15H,7-10H2,1-4H3,(H,25,29). The third-order valence-electron chi connectivity index (χ3n) is 5.37. The second kappa shape index (κ2) is 8.97. The molecule has 1 aromatic carbocycles. The minimum atomic E-state index is -0.511. The number of carbonyl (C=O) groups excluding carboxylic acids is 3. The number of aromatic nitrogens is 1. The first-order chi connectivity index (χ1) is 15.6. The molecule has 9 heteroatoms. The van der Waals surface area contributed by atoms with Crippen molar-refractivity contribution in [2.24, 2.45) is 0 Å². The van der Waals surface area contributed by atoms with Crippen LogP contribution < -0.4 is 5.32 Å². The molecule has 0 spiro atoms. The zero-order valence-corrected chi connectivity index (χ0v) is 20.0. The monoisotopic (exact) mass is 469 g/mol. The Hall–Kier alpha value is -3.20. The Labute approximate surface area is 195 Å². The number of anilines is 1. The van der Waals surface area contributed by atoms with Gasteiger partial charge in [0.1, 0.15) is 16.9 Å². The van der Waals surface area contributed by atoms with Crippen molar-refractivity contribution in [1.29, 1.82) is 0 Å². The van der Waals surface area contributed by atoms with E-state index in [9.17, 15) is 14.4 Å². The van der Waals surface area contributed by atoms with E-state index in [1.54, 1.807) is 34.5 Å². The molecule has 3 heterocycles. The van der Waals surface area contributed by atoms with Crippen molar-refractivity contribution in [3.63, 3.8) is 0 Å². The number of nitrogens with one attached hydrogen (secondary N) is 1. The molecule has 174 valence electrons. The number of ketones is 1. The topological polar surface area (TPSA) is 102 Å². The first-order valence-electron chi connectivity index (χ1n) is 10.9. The van der Waals surface area contributed by atoms with E-state index >= 15 is 0 Å². The van der Waals surface area contributed by atoms with Crippen molar-refractivity contribution in [3.05, 3.63) is 46.1 Å². The number of ether oxygens (including phenoxy) is 1. The Balaban J connectivity index is 1.36. The lowest BCUT2D eigenvalue weighted by atomic mass is 9.98. The number of furan rings is 1. The zero-order valence-electron chi connectivity index (χ0n) is 19.1. The van der Waals surface area contributed by atoms with E-state index in [1.807, 2.05) is 20.8 Å². The minimum absolute atomic E-state index is 0.149. The summed E-state index contributed by atoms with van der Waals surface area (Å²) in [5.41, 5.74) is 1.04. The van der Waals surface area contributed by atoms with E-state index < -0.39 is 5.60 Å². The lowest BCUT2D eigenvalue weighted by Gasteiger charge is -2.32. The fraction of sp³-hybridized carbons (Fsp3) is 0.417. The Morgan fingerprint density at radius 1 is 1.18 bits per heavy atom. The summed E-state index contributed by atoms with van der Waals surface area (Å²) < 4.78 is 10.9. The first-order valence-corrected chi connectivity index (χ1v) is 11.8. The van der Waals surface area contributed by atoms with E-state index in [-0.39, 0.29) is 29.5 Å². The molecule has 4 rings (SSSR count). The number of likely N-dealkylation sites (tertiary alicyclic amines) is 1. The highest BCUT2D eigenvalue weighted by atomic mass is 32.1. The third kappa shape index (κ3) is 5.42. The van der Waals surface area contributed by atoms with Gasteiger partial charge in [0.05, 0.1) is 5.01 Å². The van der Waals surface area contributed by atoms with Crippen LogP contribution in [0, 0.1) is 0 Å². The van der Waals surface area contributed by atoms with Gasteiger partial charge in [-0.1, -0.05) is 0 Å². The average molecular weight is 470 g/mol. The highest BCUT2D eigenvalue weighted by Gasteiger charge is 2.29. The molecule has 1 saturated heterocycles. The molecule has 1 fully saturated rings. The van der Waals surface area contributed by atoms with Crippen LogP contribution in [0.1, 0.15) is 72.5 Å². The minimum Gasteiger partial charge on any atom is -0.453 e. The number of amides is 2. The summed E-state index contributed by atoms with van der Waals surface area (Å²) in [6, 6.07) is 6.89. The maximum absolute atomic E-state index is 12.7. The molecule has 2 amide bonds. The molecular weight excluding hydrogens is 442 g/mol. The number of carbonyl (C=O) groups is 3. The van der Waals surface area contributed by atoms with Gasteiger partial charge >= 0.3 is 6.09 Å². The molecule has 1 aliphatic heterocycles. The SMILES string of the molecule is CC(=O)c1cc2cc(NC(=O)c3csc(C4CCN(C(=O)OC(C)(C)C)CC4)n3)ccc2o1. The number of piperidine rings is 1. The van der Waals surface area contributed by atoms with Crippen LogP contribution >= 0.6 is 11.3 Å². The molecule has 1 aliphatic rings. The molecule has 1 N–H and O–H groups in total. The molecular formula is C24H27N3O5S. The van der Waals surface area contributed by atoms with E-state index in [2.05, 4.69) is 10.3 Å². The summed E-state index contributed by atoms with van der Waals surface area (Å²) in [5, 5.41) is 6.26. The molecule has 3 aromatic rings. The summed E-state index contributed by atoms with van der Waals surface area (Å²) >= 11 is 1.46. The number of rotatable bonds is 4. The second-order valence-corrected chi connectivity index (χ2v) is 10.1. The number of nitrogens with zero attached hydrogens (tertiary/aromatic N) is 2. The Kier molecular flexibility index (Phi) is 6.25. The van der Waals surface area contributed by atoms with Gasteiger partial charge in [0.15, 0.2) is 11.5 Å². The summed E-state index contributed by atoms with van der Waals surface area (Å²) in [5.74, 6) is 0.0555. The molecule has 0 atom stereocenters. The summed E-state index contributed by atoms with van der Waals surface area (Å²) in [4.78, 5) is 42.8. The average Bonchev–Trinajstić information content (AvgIpc) is 3.40. The number of hydrogen-bond donors (Lipinski definition) is 1. The number of Topliss-reactive ketones (excluding diaryl/α,β-unsaturated/α-hetero) is 1. The maximum Gasteiger partial charge on any atom is 0.410 e. The van der Waals surface area contributed by atoms with Crippen molar-refractivity contribution in [2.75, 3.05) is 18.4 Å². The van der Waals surface area contributed by atoms with E-state index in [4.69, 9.17) is 9.15 Å². The van der Waals surface area contributed by atoms with Gasteiger partial charge in [-0.15, -0.1) is 11.3 Å². The van der Waals surface area contributed by atoms with Crippen LogP contribution in [0.4, 0.5) is 10.5 Å². The van der Waals surface area contributed by atoms with Gasteiger partial charge in [0.2, 0.25) is 0 Å². The van der Waals surface area contributed by atoms with Crippen molar-refractivity contribution in [1.82, 2.24) is 9.88 Å². The number of benzene rings is 1. The largest absolute Gasteiger partial charge is 0.453 e. The smallest absolute Gasteiger partial charge is 0.410 e. The van der Waals surface area contributed by atoms with Crippen LogP contribution in [0.3, 0.4) is 0 Å². The van der Waals surface area contributed by atoms with Crippen LogP contribution in [0.2, 0.25) is 0 Å². The molecule has 8 nitrogen and oxygen atoms in total. The van der Waals surface area contributed by atoms with Crippen molar-refractivity contribution in [2.45, 2.75) is 52.1 Å². The van der Waals surface area contributed by atoms with Gasteiger partial charge in [-0.3, -0.25) is 9.59 Å². The Morgan fingerprint density at radius 2 is 1.91 bits per heavy atom. The van der Waals surface area contributed by atoms with E-state index in [0.29, 0.717) is 30.1 Å². The zero-order chi connectivity index (χ0) is 23.8. The van der Waals surface area contributed by atoms with Gasteiger partial charge in [-0.2, -0.15) is 0 Å². The van der Waals surface area contributed by atoms with Crippen LogP contribution in [0.25, 0.3) is 11.0 Å². The highest BCUT2D eigenvalue weighted by Crippen LogP contribution is 2.31. The Morgan fingerprint density at radius 3 is 2.58 bits per heavy atom. The van der Waals surface area contributed by atoms with Gasteiger partial charge < -0.3 is 19.4 Å². The Bertz CT molecular complexity index is 1200. The third-order valence-corrected chi connectivity index (χ3v) is 6.38. The van der Waals surface area contributed by atoms with Crippen LogP contribution in [0.5, 0.6) is 0 Å². The summed E-state index contributed by atoms with van der Waals surface area (Å²) in [6.45, 7) is 8.23. The quantitative estimate of drug-likeness (QED) is 0.509. The van der Waals surface area contributed by atoms with Gasteiger partial charge in [0.25, 0.3) is 5.91 Å². The molecule has 33 heavy (non-hydrogen) atoms. The van der Waals surface area contributed by atoms with Crippen LogP contribution in [-0.2, 0) is 4.74 Å². The number of thiazole rings is 1. The lowest BCUT2D eigenvalue weighted by molar-refractivity contribution is 0.0204. The molecule has 0 radical (unpaired) electrons. The predicted molar refractivity (Wildman–Crippen MR) is 126 cm³/mol.